The molecule has 6 heteroatoms. The zero-order valence-electron chi connectivity index (χ0n) is 21.3. The highest BCUT2D eigenvalue weighted by Crippen LogP contribution is 2.67. The second-order valence-electron chi connectivity index (χ2n) is 12.8. The van der Waals surface area contributed by atoms with Gasteiger partial charge in [-0.05, 0) is 91.3 Å². The van der Waals surface area contributed by atoms with Gasteiger partial charge in [0.1, 0.15) is 0 Å². The van der Waals surface area contributed by atoms with Crippen LogP contribution in [0.25, 0.3) is 0 Å². The number of fused-ring (bicyclic) bond motifs is 5. The molecule has 0 aromatic carbocycles. The fourth-order valence-corrected chi connectivity index (χ4v) is 9.40. The van der Waals surface area contributed by atoms with Crippen LogP contribution in [0.1, 0.15) is 98.8 Å². The van der Waals surface area contributed by atoms with Crippen molar-refractivity contribution < 1.29 is 22.3 Å². The maximum absolute atomic E-state index is 11.4. The van der Waals surface area contributed by atoms with E-state index in [2.05, 4.69) is 34.6 Å². The number of hydrogen-bond acceptors (Lipinski definition) is 4. The molecule has 190 valence electrons. The molecule has 0 aromatic rings. The van der Waals surface area contributed by atoms with E-state index >= 15 is 0 Å². The number of rotatable bonds is 7. The Morgan fingerprint density at radius 3 is 2.45 bits per heavy atom. The van der Waals surface area contributed by atoms with E-state index < -0.39 is 22.6 Å². The third-order valence-electron chi connectivity index (χ3n) is 10.5. The molecule has 33 heavy (non-hydrogen) atoms. The van der Waals surface area contributed by atoms with Gasteiger partial charge in [-0.25, -0.2) is 4.18 Å². The van der Waals surface area contributed by atoms with E-state index in [4.69, 9.17) is 8.74 Å². The summed E-state index contributed by atoms with van der Waals surface area (Å²) in [4.78, 5) is 0. The quantitative estimate of drug-likeness (QED) is 0.334. The monoisotopic (exact) mass is 482 g/mol. The van der Waals surface area contributed by atoms with Crippen molar-refractivity contribution >= 4 is 10.4 Å². The van der Waals surface area contributed by atoms with Crippen molar-refractivity contribution in [1.82, 2.24) is 0 Å². The van der Waals surface area contributed by atoms with Crippen LogP contribution >= 0.6 is 0 Å². The molecular weight excluding hydrogens is 436 g/mol. The van der Waals surface area contributed by atoms with E-state index in [0.29, 0.717) is 36.0 Å². The molecule has 9 unspecified atom stereocenters. The van der Waals surface area contributed by atoms with Crippen LogP contribution in [0, 0.1) is 46.3 Å². The molecule has 0 spiro atoms. The Bertz CT molecular complexity index is 851. The van der Waals surface area contributed by atoms with E-state index in [9.17, 15) is 13.5 Å². The summed E-state index contributed by atoms with van der Waals surface area (Å²) in [6.45, 7) is 11.9. The highest BCUT2D eigenvalue weighted by atomic mass is 32.3. The van der Waals surface area contributed by atoms with Gasteiger partial charge in [-0.1, -0.05) is 65.5 Å². The molecule has 9 atom stereocenters. The van der Waals surface area contributed by atoms with Crippen molar-refractivity contribution in [3.05, 3.63) is 11.6 Å². The van der Waals surface area contributed by atoms with Crippen LogP contribution in [0.4, 0.5) is 0 Å². The van der Waals surface area contributed by atoms with Crippen molar-refractivity contribution in [2.45, 2.75) is 111 Å². The SMILES string of the molecule is CC(C)CCCC(C)C1CCC2C3C(O)C=C4CC(OS(=O)(=O)O)CCC4(C)C3CCC12C. The third-order valence-corrected chi connectivity index (χ3v) is 11.1. The average Bonchev–Trinajstić information content (AvgIpc) is 3.05. The Balaban J connectivity index is 1.52. The molecule has 0 aliphatic heterocycles. The maximum atomic E-state index is 11.4. The van der Waals surface area contributed by atoms with Crippen LogP contribution in [0.5, 0.6) is 0 Å². The minimum Gasteiger partial charge on any atom is -0.389 e. The predicted octanol–water partition coefficient (Wildman–Crippen LogP) is 6.19. The van der Waals surface area contributed by atoms with Gasteiger partial charge in [0.15, 0.2) is 0 Å². The normalized spacial score (nSPS) is 44.1. The second-order valence-corrected chi connectivity index (χ2v) is 13.9. The van der Waals surface area contributed by atoms with Gasteiger partial charge in [-0.15, -0.1) is 0 Å². The van der Waals surface area contributed by atoms with Gasteiger partial charge in [0.05, 0.1) is 12.2 Å². The lowest BCUT2D eigenvalue weighted by molar-refractivity contribution is -0.0962. The van der Waals surface area contributed by atoms with Gasteiger partial charge in [0.25, 0.3) is 0 Å². The lowest BCUT2D eigenvalue weighted by Gasteiger charge is -2.59. The molecule has 0 aromatic heterocycles. The van der Waals surface area contributed by atoms with Crippen LogP contribution in [0.3, 0.4) is 0 Å². The fraction of sp³-hybridized carbons (Fsp3) is 0.926. The molecule has 0 radical (unpaired) electrons. The molecule has 0 saturated heterocycles. The molecule has 0 heterocycles. The molecule has 2 N–H and O–H groups in total. The Kier molecular flexibility index (Phi) is 7.17. The van der Waals surface area contributed by atoms with Crippen molar-refractivity contribution in [1.29, 1.82) is 0 Å². The Hall–Kier alpha value is -0.430. The summed E-state index contributed by atoms with van der Waals surface area (Å²) in [5, 5.41) is 11.4. The first-order valence-corrected chi connectivity index (χ1v) is 14.8. The van der Waals surface area contributed by atoms with Crippen LogP contribution in [-0.4, -0.2) is 30.3 Å². The summed E-state index contributed by atoms with van der Waals surface area (Å²) >= 11 is 0. The highest BCUT2D eigenvalue weighted by molar-refractivity contribution is 7.80. The molecule has 0 amide bonds. The number of aliphatic hydroxyl groups excluding tert-OH is 1. The van der Waals surface area contributed by atoms with Gasteiger partial charge >= 0.3 is 10.4 Å². The molecule has 3 fully saturated rings. The Labute approximate surface area is 201 Å². The smallest absolute Gasteiger partial charge is 0.389 e. The maximum Gasteiger partial charge on any atom is 0.397 e. The van der Waals surface area contributed by atoms with Crippen molar-refractivity contribution in [2.24, 2.45) is 46.3 Å². The van der Waals surface area contributed by atoms with Gasteiger partial charge in [0.2, 0.25) is 0 Å². The summed E-state index contributed by atoms with van der Waals surface area (Å²) < 4.78 is 36.5. The molecule has 0 bridgehead atoms. The predicted molar refractivity (Wildman–Crippen MR) is 131 cm³/mol. The van der Waals surface area contributed by atoms with Crippen molar-refractivity contribution in [3.8, 4) is 0 Å². The second kappa shape index (κ2) is 9.22. The first-order valence-electron chi connectivity index (χ1n) is 13.4. The summed E-state index contributed by atoms with van der Waals surface area (Å²) in [5.41, 5.74) is 1.44. The average molecular weight is 483 g/mol. The molecular formula is C27H46O5S. The Morgan fingerprint density at radius 1 is 1.06 bits per heavy atom. The van der Waals surface area contributed by atoms with Crippen LogP contribution in [-0.2, 0) is 14.6 Å². The molecule has 4 aliphatic rings. The first kappa shape index (κ1) is 25.7. The zero-order valence-corrected chi connectivity index (χ0v) is 22.1. The number of aliphatic hydroxyl groups is 1. The van der Waals surface area contributed by atoms with Gasteiger partial charge in [0, 0.05) is 0 Å². The van der Waals surface area contributed by atoms with E-state index in [1.54, 1.807) is 0 Å². The van der Waals surface area contributed by atoms with Gasteiger partial charge in [-0.2, -0.15) is 8.42 Å². The third kappa shape index (κ3) is 4.83. The fourth-order valence-electron chi connectivity index (χ4n) is 8.89. The minimum absolute atomic E-state index is 0.00866. The van der Waals surface area contributed by atoms with E-state index in [1.165, 1.54) is 38.5 Å². The molecule has 5 nitrogen and oxygen atoms in total. The molecule has 3 saturated carbocycles. The van der Waals surface area contributed by atoms with Crippen molar-refractivity contribution in [2.75, 3.05) is 0 Å². The largest absolute Gasteiger partial charge is 0.397 e. The lowest BCUT2D eigenvalue weighted by Crippen LogP contribution is -2.55. The Morgan fingerprint density at radius 2 is 1.79 bits per heavy atom. The summed E-state index contributed by atoms with van der Waals surface area (Å²) in [6, 6.07) is 0. The summed E-state index contributed by atoms with van der Waals surface area (Å²) in [5.74, 6) is 3.56. The van der Waals surface area contributed by atoms with E-state index in [0.717, 1.165) is 36.2 Å². The van der Waals surface area contributed by atoms with Crippen molar-refractivity contribution in [3.63, 3.8) is 0 Å². The van der Waals surface area contributed by atoms with Gasteiger partial charge in [-0.3, -0.25) is 4.55 Å². The van der Waals surface area contributed by atoms with E-state index in [-0.39, 0.29) is 5.41 Å². The summed E-state index contributed by atoms with van der Waals surface area (Å²) in [7, 11) is -4.45. The van der Waals surface area contributed by atoms with Crippen LogP contribution in [0.2, 0.25) is 0 Å². The first-order chi connectivity index (χ1) is 15.3. The minimum atomic E-state index is -4.45. The van der Waals surface area contributed by atoms with Gasteiger partial charge < -0.3 is 5.11 Å². The molecule has 4 aliphatic carbocycles. The lowest BCUT2D eigenvalue weighted by atomic mass is 9.46. The van der Waals surface area contributed by atoms with E-state index in [1.807, 2.05) is 6.08 Å². The summed E-state index contributed by atoms with van der Waals surface area (Å²) in [6.07, 6.45) is 11.8. The number of hydrogen-bond donors (Lipinski definition) is 2. The zero-order chi connectivity index (χ0) is 24.2. The van der Waals surface area contributed by atoms with Crippen LogP contribution < -0.4 is 0 Å². The topological polar surface area (TPSA) is 83.8 Å². The highest BCUT2D eigenvalue weighted by Gasteiger charge is 2.61. The van der Waals surface area contributed by atoms with Crippen LogP contribution in [0.15, 0.2) is 11.6 Å². The molecule has 4 rings (SSSR count). The standard InChI is InChI=1S/C27H46O5S/c1-17(2)7-6-8-18(3)21-9-10-22-25-23(12-14-27(21,22)5)26(4)13-11-20(32-33(29,30)31)15-19(26)16-24(25)28/h16-18,20-25,28H,6-15H2,1-5H3,(H,29,30,31).